The van der Waals surface area contributed by atoms with Crippen molar-refractivity contribution in [1.29, 1.82) is 0 Å². The molecule has 0 aromatic heterocycles. The summed E-state index contributed by atoms with van der Waals surface area (Å²) in [6.45, 7) is 1.41. The van der Waals surface area contributed by atoms with E-state index < -0.39 is 12.2 Å². The molecule has 0 saturated carbocycles. The van der Waals surface area contributed by atoms with Crippen molar-refractivity contribution in [1.82, 2.24) is 0 Å². The normalized spacial score (nSPS) is 15.0. The van der Waals surface area contributed by atoms with Crippen molar-refractivity contribution in [2.45, 2.75) is 63.6 Å². The molecular formula is C12H28N2O2. The first-order valence-corrected chi connectivity index (χ1v) is 6.48. The lowest BCUT2D eigenvalue weighted by Crippen LogP contribution is -2.25. The summed E-state index contributed by atoms with van der Waals surface area (Å²) < 4.78 is 0. The van der Waals surface area contributed by atoms with Crippen molar-refractivity contribution in [3.05, 3.63) is 0 Å². The molecule has 0 heterocycles. The first-order chi connectivity index (χ1) is 7.72. The van der Waals surface area contributed by atoms with E-state index in [1.54, 1.807) is 0 Å². The van der Waals surface area contributed by atoms with Crippen LogP contribution in [0, 0.1) is 0 Å². The third-order valence-corrected chi connectivity index (χ3v) is 2.85. The molecule has 0 saturated heterocycles. The Bertz CT molecular complexity index is 129. The van der Waals surface area contributed by atoms with Crippen LogP contribution in [0.25, 0.3) is 0 Å². The van der Waals surface area contributed by atoms with Crippen LogP contribution in [0.1, 0.15) is 51.4 Å². The second-order valence-electron chi connectivity index (χ2n) is 4.41. The highest BCUT2D eigenvalue weighted by molar-refractivity contribution is 4.67. The van der Waals surface area contributed by atoms with Gasteiger partial charge in [-0.1, -0.05) is 25.7 Å². The lowest BCUT2D eigenvalue weighted by atomic mass is 10.0. The number of aliphatic hydroxyl groups is 2. The number of nitrogens with two attached hydrogens (primary N) is 2. The minimum Gasteiger partial charge on any atom is -0.390 e. The van der Waals surface area contributed by atoms with Gasteiger partial charge < -0.3 is 21.7 Å². The van der Waals surface area contributed by atoms with Gasteiger partial charge in [-0.25, -0.2) is 0 Å². The summed E-state index contributed by atoms with van der Waals surface area (Å²) in [7, 11) is 0. The van der Waals surface area contributed by atoms with E-state index in [0.717, 1.165) is 38.5 Å². The average Bonchev–Trinajstić information content (AvgIpc) is 2.29. The third kappa shape index (κ3) is 9.09. The van der Waals surface area contributed by atoms with Crippen LogP contribution < -0.4 is 11.5 Å². The zero-order valence-corrected chi connectivity index (χ0v) is 10.3. The van der Waals surface area contributed by atoms with Crippen LogP contribution in [0.15, 0.2) is 0 Å². The van der Waals surface area contributed by atoms with Crippen LogP contribution in [0.5, 0.6) is 0 Å². The van der Waals surface area contributed by atoms with Crippen molar-refractivity contribution in [2.75, 3.05) is 13.1 Å². The van der Waals surface area contributed by atoms with Crippen molar-refractivity contribution >= 4 is 0 Å². The summed E-state index contributed by atoms with van der Waals surface area (Å²) in [5.74, 6) is 0. The molecule has 6 N–H and O–H groups in total. The molecule has 0 aliphatic heterocycles. The zero-order chi connectivity index (χ0) is 12.2. The van der Waals surface area contributed by atoms with E-state index in [1.807, 2.05) is 0 Å². The molecule has 0 spiro atoms. The lowest BCUT2D eigenvalue weighted by molar-refractivity contribution is 0.00720. The molecule has 0 bridgehead atoms. The van der Waals surface area contributed by atoms with Crippen LogP contribution in [0.4, 0.5) is 0 Å². The van der Waals surface area contributed by atoms with Gasteiger partial charge in [0.1, 0.15) is 0 Å². The monoisotopic (exact) mass is 232 g/mol. The average molecular weight is 232 g/mol. The smallest absolute Gasteiger partial charge is 0.0799 e. The second kappa shape index (κ2) is 11.3. The summed E-state index contributed by atoms with van der Waals surface area (Å²) in [6.07, 6.45) is 6.16. The maximum absolute atomic E-state index is 9.67. The zero-order valence-electron chi connectivity index (χ0n) is 10.3. The Balaban J connectivity index is 3.38. The summed E-state index contributed by atoms with van der Waals surface area (Å²) >= 11 is 0. The van der Waals surface area contributed by atoms with Gasteiger partial charge in [0.25, 0.3) is 0 Å². The van der Waals surface area contributed by atoms with Gasteiger partial charge in [-0.05, 0) is 38.8 Å². The van der Waals surface area contributed by atoms with Crippen molar-refractivity contribution in [2.24, 2.45) is 11.5 Å². The Morgan fingerprint density at radius 1 is 0.625 bits per heavy atom. The molecule has 4 nitrogen and oxygen atoms in total. The number of aliphatic hydroxyl groups excluding tert-OH is 2. The molecule has 0 rings (SSSR count). The maximum Gasteiger partial charge on any atom is 0.0799 e. The van der Waals surface area contributed by atoms with Gasteiger partial charge in [0.05, 0.1) is 12.2 Å². The predicted molar refractivity (Wildman–Crippen MR) is 67.1 cm³/mol. The molecule has 0 radical (unpaired) electrons. The molecular weight excluding hydrogens is 204 g/mol. The van der Waals surface area contributed by atoms with E-state index in [1.165, 1.54) is 0 Å². The number of rotatable bonds is 11. The van der Waals surface area contributed by atoms with Crippen molar-refractivity contribution in [3.8, 4) is 0 Å². The highest BCUT2D eigenvalue weighted by Crippen LogP contribution is 2.12. The molecule has 0 aliphatic rings. The molecule has 16 heavy (non-hydrogen) atoms. The topological polar surface area (TPSA) is 92.5 Å². The summed E-state index contributed by atoms with van der Waals surface area (Å²) in [6, 6.07) is 0. The fourth-order valence-electron chi connectivity index (χ4n) is 1.73. The van der Waals surface area contributed by atoms with Crippen molar-refractivity contribution in [3.63, 3.8) is 0 Å². The minimum absolute atomic E-state index is 0.573. The van der Waals surface area contributed by atoms with Crippen LogP contribution in [0.3, 0.4) is 0 Å². The second-order valence-corrected chi connectivity index (χ2v) is 4.41. The molecule has 98 valence electrons. The van der Waals surface area contributed by atoms with E-state index in [0.29, 0.717) is 25.9 Å². The van der Waals surface area contributed by atoms with Gasteiger partial charge in [0, 0.05) is 0 Å². The largest absolute Gasteiger partial charge is 0.390 e. The fraction of sp³-hybridized carbons (Fsp3) is 1.00. The summed E-state index contributed by atoms with van der Waals surface area (Å²) in [5.41, 5.74) is 10.8. The van der Waals surface area contributed by atoms with Crippen LogP contribution >= 0.6 is 0 Å². The Morgan fingerprint density at radius 3 is 1.31 bits per heavy atom. The third-order valence-electron chi connectivity index (χ3n) is 2.85. The molecule has 2 atom stereocenters. The number of unbranched alkanes of at least 4 members (excludes halogenated alkanes) is 4. The SMILES string of the molecule is NCCCCCC(O)C(O)CCCCCN. The molecule has 0 aromatic rings. The summed E-state index contributed by atoms with van der Waals surface area (Å²) in [4.78, 5) is 0. The highest BCUT2D eigenvalue weighted by atomic mass is 16.3. The Kier molecular flexibility index (Phi) is 11.2. The van der Waals surface area contributed by atoms with Gasteiger partial charge in [-0.2, -0.15) is 0 Å². The Labute approximate surface area is 99.0 Å². The van der Waals surface area contributed by atoms with Crippen molar-refractivity contribution < 1.29 is 10.2 Å². The van der Waals surface area contributed by atoms with Crippen LogP contribution in [0.2, 0.25) is 0 Å². The van der Waals surface area contributed by atoms with Crippen LogP contribution in [-0.4, -0.2) is 35.5 Å². The van der Waals surface area contributed by atoms with E-state index in [4.69, 9.17) is 11.5 Å². The molecule has 0 amide bonds. The lowest BCUT2D eigenvalue weighted by Gasteiger charge is -2.17. The van der Waals surface area contributed by atoms with Crippen LogP contribution in [-0.2, 0) is 0 Å². The number of hydrogen-bond donors (Lipinski definition) is 4. The van der Waals surface area contributed by atoms with E-state index in [-0.39, 0.29) is 0 Å². The highest BCUT2D eigenvalue weighted by Gasteiger charge is 2.14. The molecule has 0 fully saturated rings. The standard InChI is InChI=1S/C12H28N2O2/c13-9-5-1-3-7-11(15)12(16)8-4-2-6-10-14/h11-12,15-16H,1-10,13-14H2. The quantitative estimate of drug-likeness (QED) is 0.395. The molecule has 0 aliphatic carbocycles. The summed E-state index contributed by atoms with van der Waals surface area (Å²) in [5, 5.41) is 19.3. The van der Waals surface area contributed by atoms with Gasteiger partial charge in [0.15, 0.2) is 0 Å². The molecule has 0 aromatic carbocycles. The van der Waals surface area contributed by atoms with Gasteiger partial charge >= 0.3 is 0 Å². The van der Waals surface area contributed by atoms with Gasteiger partial charge in [-0.3, -0.25) is 0 Å². The maximum atomic E-state index is 9.67. The fourth-order valence-corrected chi connectivity index (χ4v) is 1.73. The minimum atomic E-state index is -0.573. The molecule has 2 unspecified atom stereocenters. The Hall–Kier alpha value is -0.160. The number of hydrogen-bond acceptors (Lipinski definition) is 4. The Morgan fingerprint density at radius 2 is 1.00 bits per heavy atom. The first-order valence-electron chi connectivity index (χ1n) is 6.48. The van der Waals surface area contributed by atoms with Gasteiger partial charge in [0.2, 0.25) is 0 Å². The van der Waals surface area contributed by atoms with Gasteiger partial charge in [-0.15, -0.1) is 0 Å². The van der Waals surface area contributed by atoms with E-state index >= 15 is 0 Å². The van der Waals surface area contributed by atoms with E-state index in [9.17, 15) is 10.2 Å². The first kappa shape index (κ1) is 15.8. The molecule has 4 heteroatoms. The predicted octanol–water partition coefficient (Wildman–Crippen LogP) is 0.746. The van der Waals surface area contributed by atoms with E-state index in [2.05, 4.69) is 0 Å².